The maximum absolute atomic E-state index is 11.9. The summed E-state index contributed by atoms with van der Waals surface area (Å²) in [5.74, 6) is 0.0109. The van der Waals surface area contributed by atoms with E-state index in [0.29, 0.717) is 5.56 Å². The molecule has 0 spiro atoms. The zero-order valence-electron chi connectivity index (χ0n) is 10.5. The van der Waals surface area contributed by atoms with Crippen LogP contribution < -0.4 is 0 Å². The van der Waals surface area contributed by atoms with E-state index >= 15 is 0 Å². The highest BCUT2D eigenvalue weighted by atomic mass is 16.2. The monoisotopic (exact) mass is 243 g/mol. The van der Waals surface area contributed by atoms with Gasteiger partial charge in [-0.05, 0) is 18.4 Å². The second-order valence-electron chi connectivity index (χ2n) is 4.30. The lowest BCUT2D eigenvalue weighted by molar-refractivity contribution is 0.0793. The number of hydrogen-bond acceptors (Lipinski definition) is 2. The number of H-pyrrole nitrogens is 1. The molecule has 0 aliphatic rings. The number of aromatic amines is 1. The summed E-state index contributed by atoms with van der Waals surface area (Å²) in [6.07, 6.45) is 5.13. The van der Waals surface area contributed by atoms with E-state index in [-0.39, 0.29) is 5.91 Å². The van der Waals surface area contributed by atoms with Gasteiger partial charge in [0.15, 0.2) is 0 Å². The fraction of sp³-hybridized carbons (Fsp3) is 0.286. The van der Waals surface area contributed by atoms with Gasteiger partial charge in [0, 0.05) is 19.8 Å². The molecule has 0 fully saturated rings. The van der Waals surface area contributed by atoms with Gasteiger partial charge in [-0.1, -0.05) is 30.3 Å². The van der Waals surface area contributed by atoms with E-state index in [9.17, 15) is 4.79 Å². The van der Waals surface area contributed by atoms with Gasteiger partial charge in [-0.3, -0.25) is 9.89 Å². The fourth-order valence-corrected chi connectivity index (χ4v) is 1.85. The predicted molar refractivity (Wildman–Crippen MR) is 70.3 cm³/mol. The SMILES string of the molecule is CN(CCCc1ccccc1)C(=O)c1cn[nH]c1. The molecule has 4 heteroatoms. The summed E-state index contributed by atoms with van der Waals surface area (Å²) in [6.45, 7) is 0.749. The molecule has 0 radical (unpaired) electrons. The molecule has 1 heterocycles. The van der Waals surface area contributed by atoms with Crippen molar-refractivity contribution in [2.45, 2.75) is 12.8 Å². The third kappa shape index (κ3) is 3.20. The minimum absolute atomic E-state index is 0.0109. The van der Waals surface area contributed by atoms with Crippen molar-refractivity contribution in [1.29, 1.82) is 0 Å². The first-order chi connectivity index (χ1) is 8.77. The molecule has 1 aromatic heterocycles. The number of benzene rings is 1. The molecule has 2 rings (SSSR count). The first-order valence-electron chi connectivity index (χ1n) is 6.05. The fourth-order valence-electron chi connectivity index (χ4n) is 1.85. The predicted octanol–water partition coefficient (Wildman–Crippen LogP) is 2.11. The summed E-state index contributed by atoms with van der Waals surface area (Å²) < 4.78 is 0. The van der Waals surface area contributed by atoms with Gasteiger partial charge in [-0.2, -0.15) is 5.10 Å². The Morgan fingerprint density at radius 2 is 2.11 bits per heavy atom. The summed E-state index contributed by atoms with van der Waals surface area (Å²) in [5, 5.41) is 6.43. The first kappa shape index (κ1) is 12.4. The molecule has 0 bridgehead atoms. The van der Waals surface area contributed by atoms with E-state index in [2.05, 4.69) is 22.3 Å². The second-order valence-corrected chi connectivity index (χ2v) is 4.30. The number of rotatable bonds is 5. The Morgan fingerprint density at radius 1 is 1.33 bits per heavy atom. The molecule has 2 aromatic rings. The molecule has 0 aliphatic carbocycles. The lowest BCUT2D eigenvalue weighted by Gasteiger charge is -2.15. The van der Waals surface area contributed by atoms with E-state index in [0.717, 1.165) is 19.4 Å². The second kappa shape index (κ2) is 6.00. The van der Waals surface area contributed by atoms with Crippen molar-refractivity contribution in [3.8, 4) is 0 Å². The van der Waals surface area contributed by atoms with Crippen LogP contribution in [0.3, 0.4) is 0 Å². The smallest absolute Gasteiger partial charge is 0.256 e. The van der Waals surface area contributed by atoms with E-state index < -0.39 is 0 Å². The Balaban J connectivity index is 1.79. The number of amides is 1. The maximum atomic E-state index is 11.9. The van der Waals surface area contributed by atoms with Crippen molar-refractivity contribution in [2.24, 2.45) is 0 Å². The molecule has 0 atom stereocenters. The maximum Gasteiger partial charge on any atom is 0.256 e. The summed E-state index contributed by atoms with van der Waals surface area (Å²) >= 11 is 0. The zero-order chi connectivity index (χ0) is 12.8. The van der Waals surface area contributed by atoms with Crippen molar-refractivity contribution in [3.05, 3.63) is 53.9 Å². The molecule has 0 aliphatic heterocycles. The molecule has 0 saturated heterocycles. The highest BCUT2D eigenvalue weighted by Gasteiger charge is 2.11. The Morgan fingerprint density at radius 3 is 2.78 bits per heavy atom. The molecule has 1 aromatic carbocycles. The summed E-state index contributed by atoms with van der Waals surface area (Å²) in [4.78, 5) is 13.6. The van der Waals surface area contributed by atoms with Crippen LogP contribution in [0.15, 0.2) is 42.7 Å². The minimum atomic E-state index is 0.0109. The topological polar surface area (TPSA) is 49.0 Å². The van der Waals surface area contributed by atoms with E-state index in [4.69, 9.17) is 0 Å². The van der Waals surface area contributed by atoms with Crippen LogP contribution >= 0.6 is 0 Å². The van der Waals surface area contributed by atoms with E-state index in [1.807, 2.05) is 25.2 Å². The lowest BCUT2D eigenvalue weighted by Crippen LogP contribution is -2.27. The van der Waals surface area contributed by atoms with E-state index in [1.54, 1.807) is 17.3 Å². The largest absolute Gasteiger partial charge is 0.342 e. The van der Waals surface area contributed by atoms with Gasteiger partial charge < -0.3 is 4.90 Å². The number of carbonyl (C=O) groups excluding carboxylic acids is 1. The molecule has 0 unspecified atom stereocenters. The normalized spacial score (nSPS) is 10.3. The van der Waals surface area contributed by atoms with Crippen LogP contribution in [0, 0.1) is 0 Å². The third-order valence-corrected chi connectivity index (χ3v) is 2.89. The third-order valence-electron chi connectivity index (χ3n) is 2.89. The average molecular weight is 243 g/mol. The van der Waals surface area contributed by atoms with Crippen molar-refractivity contribution >= 4 is 5.91 Å². The Labute approximate surface area is 107 Å². The number of nitrogens with zero attached hydrogens (tertiary/aromatic N) is 2. The Kier molecular flexibility index (Phi) is 4.12. The highest BCUT2D eigenvalue weighted by molar-refractivity contribution is 5.93. The number of hydrogen-bond donors (Lipinski definition) is 1. The zero-order valence-corrected chi connectivity index (χ0v) is 10.5. The van der Waals surface area contributed by atoms with Crippen LogP contribution in [0.4, 0.5) is 0 Å². The quantitative estimate of drug-likeness (QED) is 0.874. The van der Waals surface area contributed by atoms with Crippen LogP contribution in [0.25, 0.3) is 0 Å². The molecular weight excluding hydrogens is 226 g/mol. The van der Waals surface area contributed by atoms with Crippen molar-refractivity contribution in [1.82, 2.24) is 15.1 Å². The standard InChI is InChI=1S/C14H17N3O/c1-17(14(18)13-10-15-16-11-13)9-5-8-12-6-3-2-4-7-12/h2-4,6-7,10-11H,5,8-9H2,1H3,(H,15,16). The molecule has 1 amide bonds. The first-order valence-corrected chi connectivity index (χ1v) is 6.05. The molecular formula is C14H17N3O. The van der Waals surface area contributed by atoms with Gasteiger partial charge >= 0.3 is 0 Å². The van der Waals surface area contributed by atoms with E-state index in [1.165, 1.54) is 5.56 Å². The van der Waals surface area contributed by atoms with Gasteiger partial charge in [0.1, 0.15) is 0 Å². The van der Waals surface area contributed by atoms with Gasteiger partial charge in [0.2, 0.25) is 0 Å². The van der Waals surface area contributed by atoms with Gasteiger partial charge in [-0.15, -0.1) is 0 Å². The Bertz CT molecular complexity index is 479. The van der Waals surface area contributed by atoms with Gasteiger partial charge in [0.05, 0.1) is 11.8 Å². The molecule has 94 valence electrons. The van der Waals surface area contributed by atoms with Crippen LogP contribution in [-0.2, 0) is 6.42 Å². The summed E-state index contributed by atoms with van der Waals surface area (Å²) in [5.41, 5.74) is 1.92. The van der Waals surface area contributed by atoms with Crippen LogP contribution in [0.2, 0.25) is 0 Å². The van der Waals surface area contributed by atoms with Crippen LogP contribution in [0.5, 0.6) is 0 Å². The highest BCUT2D eigenvalue weighted by Crippen LogP contribution is 2.05. The molecule has 0 saturated carbocycles. The molecule has 4 nitrogen and oxygen atoms in total. The van der Waals surface area contributed by atoms with Crippen molar-refractivity contribution in [2.75, 3.05) is 13.6 Å². The lowest BCUT2D eigenvalue weighted by atomic mass is 10.1. The number of aromatic nitrogens is 2. The summed E-state index contributed by atoms with van der Waals surface area (Å²) in [7, 11) is 1.82. The van der Waals surface area contributed by atoms with Crippen molar-refractivity contribution < 1.29 is 4.79 Å². The van der Waals surface area contributed by atoms with Crippen LogP contribution in [0.1, 0.15) is 22.3 Å². The summed E-state index contributed by atoms with van der Waals surface area (Å²) in [6, 6.07) is 10.3. The minimum Gasteiger partial charge on any atom is -0.342 e. The van der Waals surface area contributed by atoms with Crippen LogP contribution in [-0.4, -0.2) is 34.6 Å². The molecule has 18 heavy (non-hydrogen) atoms. The number of carbonyl (C=O) groups is 1. The average Bonchev–Trinajstić information content (AvgIpc) is 2.93. The number of aryl methyl sites for hydroxylation is 1. The Hall–Kier alpha value is -2.10. The van der Waals surface area contributed by atoms with Crippen molar-refractivity contribution in [3.63, 3.8) is 0 Å². The number of nitrogens with one attached hydrogen (secondary N) is 1. The van der Waals surface area contributed by atoms with Gasteiger partial charge in [-0.25, -0.2) is 0 Å². The molecule has 1 N–H and O–H groups in total. The van der Waals surface area contributed by atoms with Gasteiger partial charge in [0.25, 0.3) is 5.91 Å².